The average Bonchev–Trinajstić information content (AvgIpc) is 2.61. The number of ether oxygens (including phenoxy) is 1. The molecule has 1 amide bonds. The van der Waals surface area contributed by atoms with Gasteiger partial charge in [0.15, 0.2) is 0 Å². The number of rotatable bonds is 4. The number of hydrogen-bond donors (Lipinski definition) is 1. The van der Waals surface area contributed by atoms with Gasteiger partial charge >= 0.3 is 0 Å². The molecule has 0 saturated carbocycles. The summed E-state index contributed by atoms with van der Waals surface area (Å²) in [5, 5.41) is 3.51. The molecule has 0 spiro atoms. The molecular weight excluding hydrogens is 288 g/mol. The number of para-hydroxylation sites is 1. The molecule has 0 aromatic heterocycles. The van der Waals surface area contributed by atoms with E-state index in [4.69, 9.17) is 4.74 Å². The number of benzene rings is 2. The third-order valence-corrected chi connectivity index (χ3v) is 4.44. The number of amides is 1. The second kappa shape index (κ2) is 6.32. The summed E-state index contributed by atoms with van der Waals surface area (Å²) in [5.41, 5.74) is 2.63. The van der Waals surface area contributed by atoms with Crippen molar-refractivity contribution < 1.29 is 9.53 Å². The Morgan fingerprint density at radius 2 is 2.00 bits per heavy atom. The standard InChI is InChI=1S/C19H22N2O2/c1-4-13(2)21-18(14-8-7-9-15(12-14)23-3)20-17-11-6-5-10-16(17)19(21)22/h5-13,18,20H,4H2,1-3H3. The van der Waals surface area contributed by atoms with E-state index in [0.29, 0.717) is 0 Å². The Labute approximate surface area is 137 Å². The zero-order valence-electron chi connectivity index (χ0n) is 13.7. The summed E-state index contributed by atoms with van der Waals surface area (Å²) in [6.07, 6.45) is 0.707. The van der Waals surface area contributed by atoms with Gasteiger partial charge in [-0.15, -0.1) is 0 Å². The van der Waals surface area contributed by atoms with Gasteiger partial charge in [0.25, 0.3) is 5.91 Å². The first-order chi connectivity index (χ1) is 11.2. The monoisotopic (exact) mass is 310 g/mol. The molecule has 0 bridgehead atoms. The van der Waals surface area contributed by atoms with Crippen LogP contribution in [0.3, 0.4) is 0 Å². The van der Waals surface area contributed by atoms with E-state index in [9.17, 15) is 4.79 Å². The Kier molecular flexibility index (Phi) is 4.24. The Bertz CT molecular complexity index is 714. The van der Waals surface area contributed by atoms with Crippen LogP contribution in [0.5, 0.6) is 5.75 Å². The van der Waals surface area contributed by atoms with E-state index in [1.54, 1.807) is 7.11 Å². The fraction of sp³-hybridized carbons (Fsp3) is 0.316. The van der Waals surface area contributed by atoms with Crippen molar-refractivity contribution in [3.05, 3.63) is 59.7 Å². The maximum absolute atomic E-state index is 13.0. The molecule has 1 aliphatic rings. The Morgan fingerprint density at radius 1 is 1.22 bits per heavy atom. The number of hydrogen-bond acceptors (Lipinski definition) is 3. The van der Waals surface area contributed by atoms with Crippen molar-refractivity contribution in [2.24, 2.45) is 0 Å². The summed E-state index contributed by atoms with van der Waals surface area (Å²) in [4.78, 5) is 14.9. The first-order valence-electron chi connectivity index (χ1n) is 7.98. The Morgan fingerprint density at radius 3 is 2.74 bits per heavy atom. The minimum Gasteiger partial charge on any atom is -0.497 e. The van der Waals surface area contributed by atoms with E-state index in [2.05, 4.69) is 19.2 Å². The fourth-order valence-corrected chi connectivity index (χ4v) is 2.98. The number of carbonyl (C=O) groups excluding carboxylic acids is 1. The van der Waals surface area contributed by atoms with Crippen molar-refractivity contribution >= 4 is 11.6 Å². The number of nitrogens with zero attached hydrogens (tertiary/aromatic N) is 1. The topological polar surface area (TPSA) is 41.6 Å². The maximum Gasteiger partial charge on any atom is 0.258 e. The molecule has 23 heavy (non-hydrogen) atoms. The second-order valence-electron chi connectivity index (χ2n) is 5.84. The summed E-state index contributed by atoms with van der Waals surface area (Å²) in [7, 11) is 1.65. The van der Waals surface area contributed by atoms with Gasteiger partial charge in [0, 0.05) is 11.7 Å². The molecular formula is C19H22N2O2. The quantitative estimate of drug-likeness (QED) is 0.926. The molecule has 1 heterocycles. The van der Waals surface area contributed by atoms with Crippen LogP contribution < -0.4 is 10.1 Å². The molecule has 0 fully saturated rings. The van der Waals surface area contributed by atoms with E-state index >= 15 is 0 Å². The van der Waals surface area contributed by atoms with Crippen LogP contribution in [0.4, 0.5) is 5.69 Å². The first kappa shape index (κ1) is 15.4. The van der Waals surface area contributed by atoms with Crippen LogP contribution in [0.1, 0.15) is 42.4 Å². The molecule has 4 nitrogen and oxygen atoms in total. The lowest BCUT2D eigenvalue weighted by Gasteiger charge is -2.41. The molecule has 2 atom stereocenters. The molecule has 2 aromatic rings. The van der Waals surface area contributed by atoms with E-state index in [1.807, 2.05) is 53.4 Å². The normalized spacial score (nSPS) is 18.1. The molecule has 1 aliphatic heterocycles. The first-order valence-corrected chi connectivity index (χ1v) is 7.98. The predicted molar refractivity (Wildman–Crippen MR) is 91.7 cm³/mol. The molecule has 0 saturated heterocycles. The van der Waals surface area contributed by atoms with Crippen molar-refractivity contribution in [1.82, 2.24) is 4.90 Å². The van der Waals surface area contributed by atoms with Crippen LogP contribution in [-0.4, -0.2) is 24.0 Å². The second-order valence-corrected chi connectivity index (χ2v) is 5.84. The minimum absolute atomic E-state index is 0.0709. The van der Waals surface area contributed by atoms with Crippen molar-refractivity contribution in [3.8, 4) is 5.75 Å². The van der Waals surface area contributed by atoms with Crippen molar-refractivity contribution in [3.63, 3.8) is 0 Å². The van der Waals surface area contributed by atoms with Crippen molar-refractivity contribution in [1.29, 1.82) is 0 Å². The number of carbonyl (C=O) groups is 1. The molecule has 4 heteroatoms. The van der Waals surface area contributed by atoms with Gasteiger partial charge in [-0.2, -0.15) is 0 Å². The summed E-state index contributed by atoms with van der Waals surface area (Å²) >= 11 is 0. The zero-order chi connectivity index (χ0) is 16.4. The Balaban J connectivity index is 2.07. The highest BCUT2D eigenvalue weighted by atomic mass is 16.5. The van der Waals surface area contributed by atoms with Gasteiger partial charge in [-0.25, -0.2) is 0 Å². The highest BCUT2D eigenvalue weighted by molar-refractivity contribution is 6.01. The van der Waals surface area contributed by atoms with Gasteiger partial charge < -0.3 is 15.0 Å². The van der Waals surface area contributed by atoms with Gasteiger partial charge in [-0.3, -0.25) is 4.79 Å². The lowest BCUT2D eigenvalue weighted by Crippen LogP contribution is -2.47. The van der Waals surface area contributed by atoms with Gasteiger partial charge in [0.1, 0.15) is 11.9 Å². The maximum atomic E-state index is 13.0. The highest BCUT2D eigenvalue weighted by Gasteiger charge is 2.35. The fourth-order valence-electron chi connectivity index (χ4n) is 2.98. The van der Waals surface area contributed by atoms with Gasteiger partial charge in [-0.1, -0.05) is 31.2 Å². The van der Waals surface area contributed by atoms with E-state index in [0.717, 1.165) is 29.0 Å². The van der Waals surface area contributed by atoms with Crippen LogP contribution >= 0.6 is 0 Å². The molecule has 120 valence electrons. The summed E-state index contributed by atoms with van der Waals surface area (Å²) < 4.78 is 5.33. The Hall–Kier alpha value is -2.49. The van der Waals surface area contributed by atoms with Crippen LogP contribution in [-0.2, 0) is 0 Å². The number of nitrogens with one attached hydrogen (secondary N) is 1. The zero-order valence-corrected chi connectivity index (χ0v) is 13.7. The highest BCUT2D eigenvalue weighted by Crippen LogP contribution is 2.35. The largest absolute Gasteiger partial charge is 0.497 e. The van der Waals surface area contributed by atoms with Crippen LogP contribution in [0, 0.1) is 0 Å². The summed E-state index contributed by atoms with van der Waals surface area (Å²) in [6, 6.07) is 15.7. The number of anilines is 1. The van der Waals surface area contributed by atoms with Crippen molar-refractivity contribution in [2.75, 3.05) is 12.4 Å². The lowest BCUT2D eigenvalue weighted by atomic mass is 10.0. The smallest absolute Gasteiger partial charge is 0.258 e. The lowest BCUT2D eigenvalue weighted by molar-refractivity contribution is 0.0593. The summed E-state index contributed by atoms with van der Waals surface area (Å²) in [5.74, 6) is 0.862. The third kappa shape index (κ3) is 2.77. The molecule has 0 radical (unpaired) electrons. The average molecular weight is 310 g/mol. The molecule has 3 rings (SSSR count). The van der Waals surface area contributed by atoms with Crippen LogP contribution in [0.2, 0.25) is 0 Å². The van der Waals surface area contributed by atoms with Crippen molar-refractivity contribution in [2.45, 2.75) is 32.5 Å². The SMILES string of the molecule is CCC(C)N1C(=O)c2ccccc2NC1c1cccc(OC)c1. The molecule has 2 aromatic carbocycles. The van der Waals surface area contributed by atoms with E-state index in [-0.39, 0.29) is 18.1 Å². The van der Waals surface area contributed by atoms with Crippen LogP contribution in [0.15, 0.2) is 48.5 Å². The van der Waals surface area contributed by atoms with Crippen LogP contribution in [0.25, 0.3) is 0 Å². The van der Waals surface area contributed by atoms with E-state index in [1.165, 1.54) is 0 Å². The number of methoxy groups -OCH3 is 1. The minimum atomic E-state index is -0.192. The third-order valence-electron chi connectivity index (χ3n) is 4.44. The van der Waals surface area contributed by atoms with Gasteiger partial charge in [0.05, 0.1) is 12.7 Å². The van der Waals surface area contributed by atoms with E-state index < -0.39 is 0 Å². The molecule has 2 unspecified atom stereocenters. The van der Waals surface area contributed by atoms with Gasteiger partial charge in [0.2, 0.25) is 0 Å². The molecule has 1 N–H and O–H groups in total. The summed E-state index contributed by atoms with van der Waals surface area (Å²) in [6.45, 7) is 4.18. The van der Waals surface area contributed by atoms with Gasteiger partial charge in [-0.05, 0) is 43.2 Å². The predicted octanol–water partition coefficient (Wildman–Crippen LogP) is 4.06. The number of fused-ring (bicyclic) bond motifs is 1. The molecule has 0 aliphatic carbocycles.